The standard InChI is InChI=1S/C11H18N2O3/c1-3-5-6-12-11(16)13-8-9(4-2)7-10(14)15/h9H,4,6-8H2,1-2H3,(H,14,15)(H2,12,13,16). The molecule has 0 aromatic carbocycles. The van der Waals surface area contributed by atoms with E-state index < -0.39 is 5.97 Å². The Kier molecular flexibility index (Phi) is 7.68. The summed E-state index contributed by atoms with van der Waals surface area (Å²) in [6.07, 6.45) is 0.799. The van der Waals surface area contributed by atoms with Crippen molar-refractivity contribution in [2.75, 3.05) is 13.1 Å². The molecule has 0 saturated carbocycles. The largest absolute Gasteiger partial charge is 0.481 e. The number of hydrogen-bond acceptors (Lipinski definition) is 2. The molecule has 0 aromatic heterocycles. The van der Waals surface area contributed by atoms with Crippen LogP contribution in [0.2, 0.25) is 0 Å². The molecule has 0 fully saturated rings. The first-order valence-corrected chi connectivity index (χ1v) is 5.23. The first-order valence-electron chi connectivity index (χ1n) is 5.23. The molecule has 0 radical (unpaired) electrons. The number of aliphatic carboxylic acids is 1. The van der Waals surface area contributed by atoms with Crippen LogP contribution in [0.1, 0.15) is 26.7 Å². The van der Waals surface area contributed by atoms with Gasteiger partial charge in [-0.2, -0.15) is 0 Å². The number of carboxylic acid groups (broad SMARTS) is 1. The van der Waals surface area contributed by atoms with Crippen LogP contribution in [0.15, 0.2) is 0 Å². The van der Waals surface area contributed by atoms with Gasteiger partial charge in [0.2, 0.25) is 0 Å². The van der Waals surface area contributed by atoms with Gasteiger partial charge in [-0.1, -0.05) is 19.3 Å². The number of hydrogen-bond donors (Lipinski definition) is 3. The third kappa shape index (κ3) is 7.68. The number of carbonyl (C=O) groups is 2. The van der Waals surface area contributed by atoms with Gasteiger partial charge in [0.1, 0.15) is 0 Å². The van der Waals surface area contributed by atoms with Crippen LogP contribution in [0.5, 0.6) is 0 Å². The van der Waals surface area contributed by atoms with Crippen molar-refractivity contribution in [3.8, 4) is 11.8 Å². The van der Waals surface area contributed by atoms with Crippen LogP contribution < -0.4 is 10.6 Å². The summed E-state index contributed by atoms with van der Waals surface area (Å²) in [6, 6.07) is -0.313. The van der Waals surface area contributed by atoms with Crippen molar-refractivity contribution < 1.29 is 14.7 Å². The Morgan fingerprint density at radius 1 is 1.38 bits per heavy atom. The number of urea groups is 1. The lowest BCUT2D eigenvalue weighted by atomic mass is 10.0. The van der Waals surface area contributed by atoms with Gasteiger partial charge in [0.15, 0.2) is 0 Å². The van der Waals surface area contributed by atoms with E-state index in [0.29, 0.717) is 13.1 Å². The summed E-state index contributed by atoms with van der Waals surface area (Å²) in [5.74, 6) is 4.48. The predicted molar refractivity (Wildman–Crippen MR) is 60.9 cm³/mol. The molecule has 3 N–H and O–H groups in total. The molecule has 90 valence electrons. The Labute approximate surface area is 95.6 Å². The first-order chi connectivity index (χ1) is 7.60. The predicted octanol–water partition coefficient (Wildman–Crippen LogP) is 0.810. The molecule has 5 heteroatoms. The van der Waals surface area contributed by atoms with E-state index in [1.807, 2.05) is 6.92 Å². The van der Waals surface area contributed by atoms with Gasteiger partial charge < -0.3 is 15.7 Å². The second kappa shape index (κ2) is 8.60. The maximum atomic E-state index is 11.2. The fraction of sp³-hybridized carbons (Fsp3) is 0.636. The van der Waals surface area contributed by atoms with Crippen LogP contribution >= 0.6 is 0 Å². The minimum Gasteiger partial charge on any atom is -0.481 e. The van der Waals surface area contributed by atoms with Crippen molar-refractivity contribution in [3.05, 3.63) is 0 Å². The molecule has 16 heavy (non-hydrogen) atoms. The highest BCUT2D eigenvalue weighted by molar-refractivity contribution is 5.74. The quantitative estimate of drug-likeness (QED) is 0.586. The first kappa shape index (κ1) is 14.3. The molecular formula is C11H18N2O3. The van der Waals surface area contributed by atoms with Gasteiger partial charge >= 0.3 is 12.0 Å². The molecule has 0 spiro atoms. The van der Waals surface area contributed by atoms with Crippen molar-refractivity contribution in [1.82, 2.24) is 10.6 Å². The van der Waals surface area contributed by atoms with Crippen LogP contribution in [-0.2, 0) is 4.79 Å². The maximum Gasteiger partial charge on any atom is 0.315 e. The Bertz CT molecular complexity index is 291. The van der Waals surface area contributed by atoms with Crippen molar-refractivity contribution in [2.45, 2.75) is 26.7 Å². The summed E-state index contributed by atoms with van der Waals surface area (Å²) in [5, 5.41) is 13.8. The van der Waals surface area contributed by atoms with Crippen LogP contribution in [-0.4, -0.2) is 30.2 Å². The Hall–Kier alpha value is -1.70. The van der Waals surface area contributed by atoms with Crippen molar-refractivity contribution >= 4 is 12.0 Å². The van der Waals surface area contributed by atoms with Crippen LogP contribution in [0, 0.1) is 17.8 Å². The third-order valence-electron chi connectivity index (χ3n) is 2.11. The SMILES string of the molecule is CC#CCNC(=O)NCC(CC)CC(=O)O. The number of carbonyl (C=O) groups excluding carboxylic acids is 1. The Balaban J connectivity index is 3.77. The highest BCUT2D eigenvalue weighted by Crippen LogP contribution is 2.06. The van der Waals surface area contributed by atoms with E-state index in [9.17, 15) is 9.59 Å². The van der Waals surface area contributed by atoms with E-state index in [4.69, 9.17) is 5.11 Å². The van der Waals surface area contributed by atoms with E-state index in [2.05, 4.69) is 22.5 Å². The molecule has 1 unspecified atom stereocenters. The number of rotatable bonds is 6. The molecule has 0 aliphatic carbocycles. The zero-order valence-corrected chi connectivity index (χ0v) is 9.67. The van der Waals surface area contributed by atoms with E-state index in [-0.39, 0.29) is 18.4 Å². The van der Waals surface area contributed by atoms with Gasteiger partial charge in [0.25, 0.3) is 0 Å². The van der Waals surface area contributed by atoms with Gasteiger partial charge in [-0.3, -0.25) is 4.79 Å². The average Bonchev–Trinajstić information content (AvgIpc) is 2.24. The van der Waals surface area contributed by atoms with Gasteiger partial charge in [-0.05, 0) is 12.8 Å². The number of nitrogens with one attached hydrogen (secondary N) is 2. The highest BCUT2D eigenvalue weighted by Gasteiger charge is 2.11. The zero-order valence-electron chi connectivity index (χ0n) is 9.67. The Morgan fingerprint density at radius 3 is 2.56 bits per heavy atom. The Morgan fingerprint density at radius 2 is 2.06 bits per heavy atom. The molecule has 0 bridgehead atoms. The molecule has 0 rings (SSSR count). The van der Waals surface area contributed by atoms with Gasteiger partial charge in [0, 0.05) is 13.0 Å². The van der Waals surface area contributed by atoms with Crippen molar-refractivity contribution in [3.63, 3.8) is 0 Å². The molecule has 5 nitrogen and oxygen atoms in total. The van der Waals surface area contributed by atoms with Gasteiger partial charge in [-0.25, -0.2) is 4.79 Å². The van der Waals surface area contributed by atoms with Crippen molar-refractivity contribution in [1.29, 1.82) is 0 Å². The van der Waals surface area contributed by atoms with E-state index in [0.717, 1.165) is 6.42 Å². The normalized spacial score (nSPS) is 10.9. The van der Waals surface area contributed by atoms with Gasteiger partial charge in [0.05, 0.1) is 6.54 Å². The average molecular weight is 226 g/mol. The third-order valence-corrected chi connectivity index (χ3v) is 2.11. The summed E-state index contributed by atoms with van der Waals surface area (Å²) in [6.45, 7) is 4.27. The second-order valence-corrected chi connectivity index (χ2v) is 3.36. The number of carboxylic acids is 1. The van der Waals surface area contributed by atoms with E-state index in [1.165, 1.54) is 0 Å². The monoisotopic (exact) mass is 226 g/mol. The molecular weight excluding hydrogens is 208 g/mol. The molecule has 0 aliphatic heterocycles. The lowest BCUT2D eigenvalue weighted by molar-refractivity contribution is -0.138. The lowest BCUT2D eigenvalue weighted by Crippen LogP contribution is -2.38. The van der Waals surface area contributed by atoms with E-state index >= 15 is 0 Å². The molecule has 0 aliphatic rings. The minimum atomic E-state index is -0.842. The second-order valence-electron chi connectivity index (χ2n) is 3.36. The highest BCUT2D eigenvalue weighted by atomic mass is 16.4. The summed E-state index contributed by atoms with van der Waals surface area (Å²) < 4.78 is 0. The fourth-order valence-electron chi connectivity index (χ4n) is 1.12. The summed E-state index contributed by atoms with van der Waals surface area (Å²) >= 11 is 0. The van der Waals surface area contributed by atoms with Gasteiger partial charge in [-0.15, -0.1) is 5.92 Å². The van der Waals surface area contributed by atoms with Crippen LogP contribution in [0.4, 0.5) is 4.79 Å². The minimum absolute atomic E-state index is 0.0273. The molecule has 1 atom stereocenters. The molecule has 2 amide bonds. The molecule has 0 aromatic rings. The number of amides is 2. The maximum absolute atomic E-state index is 11.2. The smallest absolute Gasteiger partial charge is 0.315 e. The fourth-order valence-corrected chi connectivity index (χ4v) is 1.12. The zero-order chi connectivity index (χ0) is 12.4. The van der Waals surface area contributed by atoms with Crippen LogP contribution in [0.25, 0.3) is 0 Å². The molecule has 0 saturated heterocycles. The lowest BCUT2D eigenvalue weighted by Gasteiger charge is -2.13. The van der Waals surface area contributed by atoms with E-state index in [1.54, 1.807) is 6.92 Å². The summed E-state index contributed by atoms with van der Waals surface area (Å²) in [5.41, 5.74) is 0. The summed E-state index contributed by atoms with van der Waals surface area (Å²) in [7, 11) is 0. The molecule has 0 heterocycles. The summed E-state index contributed by atoms with van der Waals surface area (Å²) in [4.78, 5) is 21.7. The van der Waals surface area contributed by atoms with Crippen molar-refractivity contribution in [2.24, 2.45) is 5.92 Å². The van der Waals surface area contributed by atoms with Crippen LogP contribution in [0.3, 0.4) is 0 Å². The topological polar surface area (TPSA) is 78.4 Å².